The number of methoxy groups -OCH3 is 3. The van der Waals surface area contributed by atoms with Crippen LogP contribution >= 0.6 is 7.06 Å². The Labute approximate surface area is 158 Å². The summed E-state index contributed by atoms with van der Waals surface area (Å²) in [5, 5.41) is 2.50. The molecule has 0 atom stereocenters. The second-order valence-electron chi connectivity index (χ2n) is 6.12. The number of para-hydroxylation sites is 3. The van der Waals surface area contributed by atoms with Gasteiger partial charge in [0.15, 0.2) is 0 Å². The van der Waals surface area contributed by atoms with Crippen LogP contribution in [0.3, 0.4) is 0 Å². The van der Waals surface area contributed by atoms with Crippen molar-refractivity contribution >= 4 is 23.0 Å². The van der Waals surface area contributed by atoms with Crippen molar-refractivity contribution < 1.29 is 23.6 Å². The van der Waals surface area contributed by atoms with Crippen LogP contribution in [0.25, 0.3) is 0 Å². The molecule has 1 aliphatic rings. The van der Waals surface area contributed by atoms with E-state index in [-0.39, 0.29) is 0 Å². The van der Waals surface area contributed by atoms with E-state index in [1.807, 2.05) is 72.8 Å². The van der Waals surface area contributed by atoms with Crippen molar-refractivity contribution in [3.8, 4) is 17.2 Å². The van der Waals surface area contributed by atoms with Gasteiger partial charge in [0.1, 0.15) is 0 Å². The summed E-state index contributed by atoms with van der Waals surface area (Å²) in [5.74, 6) is 2.05. The molecule has 3 aromatic carbocycles. The van der Waals surface area contributed by atoms with Crippen LogP contribution in [-0.2, 0) is 9.35 Å². The molecule has 1 fully saturated rings. The van der Waals surface area contributed by atoms with Crippen LogP contribution in [0, 0.1) is 0 Å². The Morgan fingerprint density at radius 1 is 0.519 bits per heavy atom. The minimum absolute atomic E-state index is 0.685. The first-order chi connectivity index (χ1) is 13.2. The number of rotatable bonds is 6. The quantitative estimate of drug-likeness (QED) is 0.371. The molecule has 3 aromatic rings. The van der Waals surface area contributed by atoms with E-state index in [9.17, 15) is 0 Å². The summed E-state index contributed by atoms with van der Waals surface area (Å²) in [6, 6.07) is 23.2. The molecule has 1 aliphatic heterocycles. The molecule has 4 rings (SSSR count). The van der Waals surface area contributed by atoms with Gasteiger partial charge >= 0.3 is 158 Å². The molecule has 0 N–H and O–H groups in total. The van der Waals surface area contributed by atoms with Crippen molar-refractivity contribution in [1.29, 1.82) is 0 Å². The Hall–Kier alpha value is -2.59. The fourth-order valence-electron chi connectivity index (χ4n) is 3.58. The predicted molar refractivity (Wildman–Crippen MR) is 107 cm³/mol. The molecule has 0 unspecified atom stereocenters. The Balaban J connectivity index is 2.15. The molecule has 0 spiro atoms. The van der Waals surface area contributed by atoms with E-state index in [4.69, 9.17) is 23.6 Å². The fraction of sp³-hybridized carbons (Fsp3) is 0.143. The van der Waals surface area contributed by atoms with Gasteiger partial charge in [-0.25, -0.2) is 0 Å². The zero-order chi connectivity index (χ0) is 18.9. The second-order valence-corrected chi connectivity index (χ2v) is 9.78. The van der Waals surface area contributed by atoms with Crippen LogP contribution in [0.5, 0.6) is 17.2 Å². The normalized spacial score (nSPS) is 18.0. The van der Waals surface area contributed by atoms with Crippen LogP contribution in [0.2, 0.25) is 0 Å². The summed E-state index contributed by atoms with van der Waals surface area (Å²) >= 11 is 0. The van der Waals surface area contributed by atoms with Crippen LogP contribution in [0.4, 0.5) is 0 Å². The molecular weight excluding hydrogens is 363 g/mol. The topological polar surface area (TPSA) is 52.8 Å². The Kier molecular flexibility index (Phi) is 4.31. The third kappa shape index (κ3) is 2.36. The van der Waals surface area contributed by atoms with Gasteiger partial charge in [-0.05, 0) is 0 Å². The molecule has 1 heterocycles. The summed E-state index contributed by atoms with van der Waals surface area (Å²) in [4.78, 5) is 0. The van der Waals surface area contributed by atoms with Gasteiger partial charge in [0, 0.05) is 0 Å². The first kappa shape index (κ1) is 17.8. The second kappa shape index (κ2) is 6.54. The van der Waals surface area contributed by atoms with Crippen molar-refractivity contribution in [2.75, 3.05) is 21.3 Å². The van der Waals surface area contributed by atoms with E-state index < -0.39 is 7.06 Å². The molecule has 6 heteroatoms. The maximum atomic E-state index is 6.06. The molecule has 5 nitrogen and oxygen atoms in total. The molecular formula is C21H21O5P. The Morgan fingerprint density at radius 3 is 1.07 bits per heavy atom. The third-order valence-corrected chi connectivity index (χ3v) is 9.20. The average Bonchev–Trinajstić information content (AvgIpc) is 3.52. The van der Waals surface area contributed by atoms with Crippen molar-refractivity contribution in [1.82, 2.24) is 0 Å². The standard InChI is InChI=1S/C21H21O5P/c1-22-16-10-4-7-13-19(16)27(25-26-27,20-14-8-5-11-17(20)23-2)21-15-9-6-12-18(21)24-3/h4-15H,1-3H3. The third-order valence-electron chi connectivity index (χ3n) is 4.87. The van der Waals surface area contributed by atoms with E-state index in [0.717, 1.165) is 15.9 Å². The van der Waals surface area contributed by atoms with Gasteiger partial charge in [0.2, 0.25) is 0 Å². The zero-order valence-electron chi connectivity index (χ0n) is 15.4. The minimum atomic E-state index is -3.71. The predicted octanol–water partition coefficient (Wildman–Crippen LogP) is 3.33. The monoisotopic (exact) mass is 384 g/mol. The fourth-order valence-corrected chi connectivity index (χ4v) is 8.01. The van der Waals surface area contributed by atoms with E-state index in [1.165, 1.54) is 0 Å². The molecule has 0 bridgehead atoms. The SMILES string of the molecule is COc1ccccc1P1(c2ccccc2OC)(c2ccccc2OC)OO1. The van der Waals surface area contributed by atoms with Gasteiger partial charge in [0.25, 0.3) is 0 Å². The molecule has 0 aliphatic carbocycles. The molecule has 27 heavy (non-hydrogen) atoms. The summed E-state index contributed by atoms with van der Waals surface area (Å²) in [7, 11) is 1.21. The molecule has 1 saturated heterocycles. The van der Waals surface area contributed by atoms with Crippen LogP contribution in [0.1, 0.15) is 0 Å². The van der Waals surface area contributed by atoms with Crippen molar-refractivity contribution in [2.45, 2.75) is 0 Å². The van der Waals surface area contributed by atoms with Crippen LogP contribution in [-0.4, -0.2) is 21.3 Å². The summed E-state index contributed by atoms with van der Waals surface area (Å²) in [6.07, 6.45) is 0. The Morgan fingerprint density at radius 2 is 0.815 bits per heavy atom. The zero-order valence-corrected chi connectivity index (χ0v) is 16.3. The molecule has 140 valence electrons. The average molecular weight is 384 g/mol. The number of benzene rings is 3. The molecule has 0 aromatic heterocycles. The summed E-state index contributed by atoms with van der Waals surface area (Å²) in [5.41, 5.74) is 0. The number of hydrogen-bond donors (Lipinski definition) is 0. The molecule has 0 saturated carbocycles. The maximum absolute atomic E-state index is 6.06. The molecule has 0 amide bonds. The van der Waals surface area contributed by atoms with E-state index >= 15 is 0 Å². The summed E-state index contributed by atoms with van der Waals surface area (Å²) < 4.78 is 29.2. The van der Waals surface area contributed by atoms with Crippen molar-refractivity contribution in [3.63, 3.8) is 0 Å². The van der Waals surface area contributed by atoms with Gasteiger partial charge < -0.3 is 0 Å². The van der Waals surface area contributed by atoms with E-state index in [2.05, 4.69) is 0 Å². The van der Waals surface area contributed by atoms with Crippen molar-refractivity contribution in [3.05, 3.63) is 72.8 Å². The number of ether oxygens (including phenoxy) is 3. The van der Waals surface area contributed by atoms with Gasteiger partial charge in [0.05, 0.1) is 0 Å². The van der Waals surface area contributed by atoms with Gasteiger partial charge in [-0.15, -0.1) is 0 Å². The summed E-state index contributed by atoms with van der Waals surface area (Å²) in [6.45, 7) is 0. The molecule has 0 radical (unpaired) electrons. The van der Waals surface area contributed by atoms with E-state index in [0.29, 0.717) is 17.2 Å². The van der Waals surface area contributed by atoms with Crippen LogP contribution < -0.4 is 30.1 Å². The van der Waals surface area contributed by atoms with Gasteiger partial charge in [-0.2, -0.15) is 0 Å². The first-order valence-corrected chi connectivity index (χ1v) is 10.6. The van der Waals surface area contributed by atoms with Crippen LogP contribution in [0.15, 0.2) is 72.8 Å². The Bertz CT molecular complexity index is 861. The van der Waals surface area contributed by atoms with Gasteiger partial charge in [-0.1, -0.05) is 0 Å². The number of hydrogen-bond acceptors (Lipinski definition) is 5. The first-order valence-electron chi connectivity index (χ1n) is 8.52. The van der Waals surface area contributed by atoms with Crippen molar-refractivity contribution in [2.24, 2.45) is 0 Å². The van der Waals surface area contributed by atoms with E-state index in [1.54, 1.807) is 21.3 Å². The van der Waals surface area contributed by atoms with Gasteiger partial charge in [-0.3, -0.25) is 0 Å².